The van der Waals surface area contributed by atoms with Crippen molar-refractivity contribution in [2.75, 3.05) is 19.8 Å². The minimum atomic E-state index is 0.481. The third-order valence-electron chi connectivity index (χ3n) is 3.81. The summed E-state index contributed by atoms with van der Waals surface area (Å²) in [7, 11) is 0. The van der Waals surface area contributed by atoms with Gasteiger partial charge >= 0.3 is 0 Å². The fourth-order valence-corrected chi connectivity index (χ4v) is 3.80. The molecule has 0 spiro atoms. The summed E-state index contributed by atoms with van der Waals surface area (Å²) in [6, 6.07) is 0.481. The predicted molar refractivity (Wildman–Crippen MR) is 80.8 cm³/mol. The molecule has 2 heterocycles. The Morgan fingerprint density at radius 3 is 2.68 bits per heavy atom. The lowest BCUT2D eigenvalue weighted by Gasteiger charge is -2.27. The van der Waals surface area contributed by atoms with Crippen LogP contribution in [0.2, 0.25) is 0 Å². The fraction of sp³-hybridized carbons (Fsp3) is 0.800. The summed E-state index contributed by atoms with van der Waals surface area (Å²) in [4.78, 5) is 6.03. The second-order valence-electron chi connectivity index (χ2n) is 5.48. The van der Waals surface area contributed by atoms with E-state index in [-0.39, 0.29) is 0 Å². The third kappa shape index (κ3) is 4.26. The lowest BCUT2D eigenvalue weighted by atomic mass is 9.91. The lowest BCUT2D eigenvalue weighted by molar-refractivity contribution is 0.0606. The van der Waals surface area contributed by atoms with Crippen molar-refractivity contribution in [1.29, 1.82) is 0 Å². The average Bonchev–Trinajstić information content (AvgIpc) is 2.75. The molecule has 0 aliphatic carbocycles. The molecule has 0 saturated carbocycles. The molecular formula is C15H26N2OS. The zero-order valence-electron chi connectivity index (χ0n) is 12.4. The molecule has 1 unspecified atom stereocenters. The van der Waals surface area contributed by atoms with Gasteiger partial charge in [-0.15, -0.1) is 11.3 Å². The second kappa shape index (κ2) is 7.36. The van der Waals surface area contributed by atoms with Gasteiger partial charge in [0.2, 0.25) is 0 Å². The van der Waals surface area contributed by atoms with Crippen molar-refractivity contribution in [2.45, 2.75) is 52.5 Å². The molecule has 3 nitrogen and oxygen atoms in total. The number of ether oxygens (including phenoxy) is 1. The van der Waals surface area contributed by atoms with Gasteiger partial charge in [0, 0.05) is 24.1 Å². The summed E-state index contributed by atoms with van der Waals surface area (Å²) in [5, 5.41) is 4.90. The topological polar surface area (TPSA) is 34.1 Å². The summed E-state index contributed by atoms with van der Waals surface area (Å²) in [5.41, 5.74) is 1.21. The van der Waals surface area contributed by atoms with E-state index in [1.165, 1.54) is 41.3 Å². The molecule has 1 aromatic heterocycles. The molecule has 0 bridgehead atoms. The van der Waals surface area contributed by atoms with E-state index in [0.29, 0.717) is 6.04 Å². The van der Waals surface area contributed by atoms with E-state index in [1.54, 1.807) is 0 Å². The summed E-state index contributed by atoms with van der Waals surface area (Å²) >= 11 is 1.86. The SMILES string of the molecule is CCCNC(CC1CCOCC1)c1sc(C)nc1C. The van der Waals surface area contributed by atoms with Crippen LogP contribution in [0.1, 0.15) is 54.2 Å². The van der Waals surface area contributed by atoms with E-state index in [4.69, 9.17) is 4.74 Å². The largest absolute Gasteiger partial charge is 0.381 e. The summed E-state index contributed by atoms with van der Waals surface area (Å²) in [6.07, 6.45) is 4.83. The maximum absolute atomic E-state index is 5.47. The molecule has 1 aliphatic heterocycles. The van der Waals surface area contributed by atoms with Crippen molar-refractivity contribution < 1.29 is 4.74 Å². The molecule has 1 N–H and O–H groups in total. The van der Waals surface area contributed by atoms with Gasteiger partial charge in [0.1, 0.15) is 0 Å². The predicted octanol–water partition coefficient (Wildman–Crippen LogP) is 3.62. The number of nitrogens with one attached hydrogen (secondary N) is 1. The van der Waals surface area contributed by atoms with Crippen LogP contribution in [-0.4, -0.2) is 24.7 Å². The number of thiazole rings is 1. The molecule has 4 heteroatoms. The van der Waals surface area contributed by atoms with Gasteiger partial charge in [0.25, 0.3) is 0 Å². The number of aromatic nitrogens is 1. The minimum Gasteiger partial charge on any atom is -0.381 e. The maximum atomic E-state index is 5.47. The molecule has 1 aromatic rings. The van der Waals surface area contributed by atoms with Crippen LogP contribution in [0.4, 0.5) is 0 Å². The molecule has 108 valence electrons. The van der Waals surface area contributed by atoms with Crippen molar-refractivity contribution in [1.82, 2.24) is 10.3 Å². The van der Waals surface area contributed by atoms with Crippen LogP contribution in [0.15, 0.2) is 0 Å². The Kier molecular flexibility index (Phi) is 5.79. The van der Waals surface area contributed by atoms with E-state index < -0.39 is 0 Å². The fourth-order valence-electron chi connectivity index (χ4n) is 2.79. The molecule has 0 aromatic carbocycles. The first-order valence-electron chi connectivity index (χ1n) is 7.45. The normalized spacial score (nSPS) is 18.7. The highest BCUT2D eigenvalue weighted by molar-refractivity contribution is 7.11. The van der Waals surface area contributed by atoms with E-state index in [2.05, 4.69) is 31.1 Å². The molecule has 1 saturated heterocycles. The van der Waals surface area contributed by atoms with Gasteiger partial charge in [0.15, 0.2) is 0 Å². The average molecular weight is 282 g/mol. The second-order valence-corrected chi connectivity index (χ2v) is 6.72. The van der Waals surface area contributed by atoms with Gasteiger partial charge in [-0.3, -0.25) is 0 Å². The maximum Gasteiger partial charge on any atom is 0.0900 e. The van der Waals surface area contributed by atoms with Gasteiger partial charge < -0.3 is 10.1 Å². The number of nitrogens with zero attached hydrogens (tertiary/aromatic N) is 1. The van der Waals surface area contributed by atoms with Crippen molar-refractivity contribution in [3.63, 3.8) is 0 Å². The molecule has 0 amide bonds. The lowest BCUT2D eigenvalue weighted by Crippen LogP contribution is -2.26. The Hall–Kier alpha value is -0.450. The molecule has 2 rings (SSSR count). The Balaban J connectivity index is 2.04. The van der Waals surface area contributed by atoms with Gasteiger partial charge in [-0.25, -0.2) is 4.98 Å². The summed E-state index contributed by atoms with van der Waals surface area (Å²) < 4.78 is 5.47. The van der Waals surface area contributed by atoms with Crippen LogP contribution >= 0.6 is 11.3 Å². The van der Waals surface area contributed by atoms with Gasteiger partial charge in [-0.2, -0.15) is 0 Å². The van der Waals surface area contributed by atoms with Crippen LogP contribution < -0.4 is 5.32 Å². The quantitative estimate of drug-likeness (QED) is 0.865. The third-order valence-corrected chi connectivity index (χ3v) is 4.99. The zero-order valence-corrected chi connectivity index (χ0v) is 13.2. The Morgan fingerprint density at radius 1 is 1.37 bits per heavy atom. The monoisotopic (exact) mass is 282 g/mol. The van der Waals surface area contributed by atoms with Crippen LogP contribution in [0.25, 0.3) is 0 Å². The molecule has 1 fully saturated rings. The van der Waals surface area contributed by atoms with Crippen LogP contribution in [-0.2, 0) is 4.74 Å². The molecule has 0 radical (unpaired) electrons. The van der Waals surface area contributed by atoms with E-state index in [1.807, 2.05) is 11.3 Å². The Bertz CT molecular complexity index is 385. The molecule has 1 aliphatic rings. The smallest absolute Gasteiger partial charge is 0.0900 e. The highest BCUT2D eigenvalue weighted by atomic mass is 32.1. The number of aryl methyl sites for hydroxylation is 2. The van der Waals surface area contributed by atoms with Crippen LogP contribution in [0, 0.1) is 19.8 Å². The van der Waals surface area contributed by atoms with Crippen molar-refractivity contribution in [2.24, 2.45) is 5.92 Å². The standard InChI is InChI=1S/C15H26N2OS/c1-4-7-16-14(10-13-5-8-18-9-6-13)15-11(2)17-12(3)19-15/h13-14,16H,4-10H2,1-3H3. The number of rotatable bonds is 6. The van der Waals surface area contributed by atoms with Gasteiger partial charge in [-0.05, 0) is 52.0 Å². The van der Waals surface area contributed by atoms with E-state index >= 15 is 0 Å². The first-order chi connectivity index (χ1) is 9.20. The molecule has 19 heavy (non-hydrogen) atoms. The van der Waals surface area contributed by atoms with Crippen molar-refractivity contribution >= 4 is 11.3 Å². The summed E-state index contributed by atoms with van der Waals surface area (Å²) in [5.74, 6) is 0.796. The van der Waals surface area contributed by atoms with Crippen molar-refractivity contribution in [3.8, 4) is 0 Å². The number of hydrogen-bond donors (Lipinski definition) is 1. The Morgan fingerprint density at radius 2 is 2.11 bits per heavy atom. The van der Waals surface area contributed by atoms with Gasteiger partial charge in [-0.1, -0.05) is 6.92 Å². The molecule has 1 atom stereocenters. The first-order valence-corrected chi connectivity index (χ1v) is 8.27. The zero-order chi connectivity index (χ0) is 13.7. The minimum absolute atomic E-state index is 0.481. The van der Waals surface area contributed by atoms with Crippen LogP contribution in [0.3, 0.4) is 0 Å². The van der Waals surface area contributed by atoms with Gasteiger partial charge in [0.05, 0.1) is 10.7 Å². The highest BCUT2D eigenvalue weighted by Crippen LogP contribution is 2.32. The Labute approximate surface area is 120 Å². The van der Waals surface area contributed by atoms with E-state index in [9.17, 15) is 0 Å². The molecular weight excluding hydrogens is 256 g/mol. The summed E-state index contributed by atoms with van der Waals surface area (Å²) in [6.45, 7) is 9.43. The highest BCUT2D eigenvalue weighted by Gasteiger charge is 2.23. The van der Waals surface area contributed by atoms with Crippen molar-refractivity contribution in [3.05, 3.63) is 15.6 Å². The van der Waals surface area contributed by atoms with E-state index in [0.717, 1.165) is 25.7 Å². The first kappa shape index (κ1) is 14.9. The van der Waals surface area contributed by atoms with Crippen LogP contribution in [0.5, 0.6) is 0 Å². The number of hydrogen-bond acceptors (Lipinski definition) is 4.